The molecular formula is C6H4BrFHg. The van der Waals surface area contributed by atoms with Crippen molar-refractivity contribution in [2.45, 2.75) is 0 Å². The van der Waals surface area contributed by atoms with Crippen LogP contribution in [0.5, 0.6) is 0 Å². The molecule has 0 atom stereocenters. The van der Waals surface area contributed by atoms with Gasteiger partial charge in [0.1, 0.15) is 0 Å². The van der Waals surface area contributed by atoms with Gasteiger partial charge in [0.15, 0.2) is 0 Å². The van der Waals surface area contributed by atoms with Crippen molar-refractivity contribution in [2.24, 2.45) is 0 Å². The maximum atomic E-state index is 12.4. The van der Waals surface area contributed by atoms with Crippen LogP contribution in [0.4, 0.5) is 4.39 Å². The molecule has 0 fully saturated rings. The van der Waals surface area contributed by atoms with Crippen molar-refractivity contribution in [2.75, 3.05) is 0 Å². The number of hydrogen-bond acceptors (Lipinski definition) is 0. The summed E-state index contributed by atoms with van der Waals surface area (Å²) in [7, 11) is 0. The summed E-state index contributed by atoms with van der Waals surface area (Å²) in [5.74, 6) is -0.119. The first-order valence-electron chi connectivity index (χ1n) is 2.63. The fraction of sp³-hybridized carbons (Fsp3) is 0. The van der Waals surface area contributed by atoms with Crippen molar-refractivity contribution >= 4 is 15.0 Å². The summed E-state index contributed by atoms with van der Waals surface area (Å²) in [4.78, 5) is 0. The van der Waals surface area contributed by atoms with E-state index in [1.165, 1.54) is 9.14 Å². The first-order chi connectivity index (χ1) is 4.33. The van der Waals surface area contributed by atoms with Gasteiger partial charge in [-0.15, -0.1) is 0 Å². The minimum absolute atomic E-state index is 0.119. The molecule has 0 amide bonds. The Bertz CT molecular complexity index is 202. The molecule has 1 aromatic carbocycles. The second-order valence-corrected chi connectivity index (χ2v) is 10.9. The predicted molar refractivity (Wildman–Crippen MR) is 35.0 cm³/mol. The van der Waals surface area contributed by atoms with Gasteiger partial charge in [0.2, 0.25) is 0 Å². The molecule has 0 unspecified atom stereocenters. The normalized spacial score (nSPS) is 8.67. The van der Waals surface area contributed by atoms with Gasteiger partial charge in [-0.05, 0) is 0 Å². The predicted octanol–water partition coefficient (Wildman–Crippen LogP) is 1.84. The van der Waals surface area contributed by atoms with Crippen molar-refractivity contribution in [3.05, 3.63) is 30.1 Å². The van der Waals surface area contributed by atoms with E-state index in [2.05, 4.69) is 11.9 Å². The summed E-state index contributed by atoms with van der Waals surface area (Å²) in [5, 5.41) is 0. The topological polar surface area (TPSA) is 0 Å². The van der Waals surface area contributed by atoms with Crippen LogP contribution in [0, 0.1) is 5.82 Å². The van der Waals surface area contributed by atoms with Gasteiger partial charge in [-0.1, -0.05) is 0 Å². The molecule has 0 N–H and O–H groups in total. The van der Waals surface area contributed by atoms with Crippen molar-refractivity contribution in [3.8, 4) is 0 Å². The average Bonchev–Trinajstić information content (AvgIpc) is 1.88. The average molecular weight is 376 g/mol. The van der Waals surface area contributed by atoms with E-state index in [0.29, 0.717) is 0 Å². The van der Waals surface area contributed by atoms with Gasteiger partial charge in [-0.25, -0.2) is 0 Å². The van der Waals surface area contributed by atoms with Gasteiger partial charge in [-0.3, -0.25) is 0 Å². The van der Waals surface area contributed by atoms with Crippen LogP contribution in [-0.4, -0.2) is 0 Å². The molecule has 0 spiro atoms. The van der Waals surface area contributed by atoms with Gasteiger partial charge < -0.3 is 0 Å². The van der Waals surface area contributed by atoms with E-state index in [-0.39, 0.29) is 5.82 Å². The molecule has 0 aliphatic heterocycles. The van der Waals surface area contributed by atoms with Gasteiger partial charge >= 0.3 is 71.6 Å². The number of rotatable bonds is 1. The molecule has 0 radical (unpaired) electrons. The van der Waals surface area contributed by atoms with E-state index < -0.39 is 22.1 Å². The summed E-state index contributed by atoms with van der Waals surface area (Å²) in [6, 6.07) is 6.81. The van der Waals surface area contributed by atoms with Crippen molar-refractivity contribution < 1.29 is 26.5 Å². The van der Waals surface area contributed by atoms with Crippen LogP contribution in [0.15, 0.2) is 24.3 Å². The van der Waals surface area contributed by atoms with Crippen LogP contribution in [0.2, 0.25) is 0 Å². The van der Waals surface area contributed by atoms with E-state index in [0.717, 1.165) is 0 Å². The second kappa shape index (κ2) is 3.66. The molecule has 1 rings (SSSR count). The van der Waals surface area contributed by atoms with Gasteiger partial charge in [-0.2, -0.15) is 0 Å². The number of halogens is 2. The third kappa shape index (κ3) is 2.34. The monoisotopic (exact) mass is 376 g/mol. The quantitative estimate of drug-likeness (QED) is 0.657. The summed E-state index contributed by atoms with van der Waals surface area (Å²) in [5.41, 5.74) is 0. The molecule has 0 aliphatic rings. The van der Waals surface area contributed by atoms with Gasteiger partial charge in [0.05, 0.1) is 0 Å². The van der Waals surface area contributed by atoms with Crippen LogP contribution in [0.25, 0.3) is 0 Å². The van der Waals surface area contributed by atoms with E-state index in [4.69, 9.17) is 0 Å². The Kier molecular flexibility index (Phi) is 3.12. The zero-order valence-corrected chi connectivity index (χ0v) is 11.9. The Labute approximate surface area is 71.1 Å². The SMILES string of the molecule is Fc1ccc[c]([Hg][Br])c1. The van der Waals surface area contributed by atoms with Crippen molar-refractivity contribution in [3.63, 3.8) is 0 Å². The molecule has 0 saturated heterocycles. The molecule has 0 aliphatic carbocycles. The molecule has 44 valence electrons. The first kappa shape index (κ1) is 7.67. The molecular weight excluding hydrogens is 372 g/mol. The summed E-state index contributed by atoms with van der Waals surface area (Å²) >= 11 is 2.45. The fourth-order valence-electron chi connectivity index (χ4n) is 0.620. The van der Waals surface area contributed by atoms with Crippen LogP contribution in [0.3, 0.4) is 0 Å². The fourth-order valence-corrected chi connectivity index (χ4v) is 5.61. The molecule has 0 heterocycles. The Morgan fingerprint density at radius 1 is 1.44 bits per heavy atom. The third-order valence-corrected chi connectivity index (χ3v) is 9.63. The van der Waals surface area contributed by atoms with Gasteiger partial charge in [0, 0.05) is 0 Å². The Morgan fingerprint density at radius 3 is 2.67 bits per heavy atom. The Balaban J connectivity index is 2.94. The van der Waals surface area contributed by atoms with Crippen LogP contribution < -0.4 is 3.07 Å². The number of hydrogen-bond donors (Lipinski definition) is 0. The van der Waals surface area contributed by atoms with E-state index in [1.807, 2.05) is 6.07 Å². The maximum absolute atomic E-state index is 12.4. The third-order valence-electron chi connectivity index (χ3n) is 1.04. The molecule has 0 nitrogen and oxygen atoms in total. The molecule has 9 heavy (non-hydrogen) atoms. The second-order valence-electron chi connectivity index (χ2n) is 1.76. The van der Waals surface area contributed by atoms with Crippen LogP contribution in [-0.2, 0) is 22.1 Å². The van der Waals surface area contributed by atoms with E-state index >= 15 is 0 Å². The Morgan fingerprint density at radius 2 is 2.22 bits per heavy atom. The zero-order chi connectivity index (χ0) is 6.69. The van der Waals surface area contributed by atoms with Crippen LogP contribution >= 0.6 is 11.9 Å². The number of benzene rings is 1. The standard InChI is InChI=1S/C6H4F.BrH.Hg/c7-6-4-2-1-3-5-6;;/h1-2,4-5H;1H;/q;;+1/p-1. The summed E-state index contributed by atoms with van der Waals surface area (Å²) in [6.45, 7) is 0. The van der Waals surface area contributed by atoms with Crippen molar-refractivity contribution in [1.82, 2.24) is 0 Å². The van der Waals surface area contributed by atoms with E-state index in [9.17, 15) is 4.39 Å². The molecule has 3 heteroatoms. The zero-order valence-electron chi connectivity index (χ0n) is 4.77. The summed E-state index contributed by atoms with van der Waals surface area (Å²) < 4.78 is 13.6. The minimum atomic E-state index is -1.00. The van der Waals surface area contributed by atoms with Gasteiger partial charge in [0.25, 0.3) is 0 Å². The Hall–Kier alpha value is 0.565. The molecule has 0 aromatic heterocycles. The molecule has 0 saturated carbocycles. The molecule has 0 bridgehead atoms. The van der Waals surface area contributed by atoms with Crippen LogP contribution in [0.1, 0.15) is 0 Å². The van der Waals surface area contributed by atoms with E-state index in [1.54, 1.807) is 12.1 Å². The summed E-state index contributed by atoms with van der Waals surface area (Å²) in [6.07, 6.45) is 0. The molecule has 1 aromatic rings. The first-order valence-corrected chi connectivity index (χ1v) is 17.3. The van der Waals surface area contributed by atoms with Crippen molar-refractivity contribution in [1.29, 1.82) is 0 Å².